The summed E-state index contributed by atoms with van der Waals surface area (Å²) in [6.45, 7) is 3.87. The van der Waals surface area contributed by atoms with Crippen LogP contribution in [-0.4, -0.2) is 0 Å². The second-order valence-electron chi connectivity index (χ2n) is 4.60. The molecular formula is C18H20. The summed E-state index contributed by atoms with van der Waals surface area (Å²) in [5.74, 6) is 0. The molecule has 0 aliphatic rings. The molecule has 0 nitrogen and oxygen atoms in total. The molecule has 0 atom stereocenters. The SMILES string of the molecule is C=Cc1ccccc1CCCCc1ccccc1. The van der Waals surface area contributed by atoms with E-state index in [4.69, 9.17) is 0 Å². The van der Waals surface area contributed by atoms with Gasteiger partial charge in [-0.25, -0.2) is 0 Å². The minimum atomic E-state index is 1.15. The number of hydrogen-bond donors (Lipinski definition) is 0. The van der Waals surface area contributed by atoms with Gasteiger partial charge in [0.15, 0.2) is 0 Å². The van der Waals surface area contributed by atoms with Gasteiger partial charge in [-0.1, -0.05) is 67.3 Å². The van der Waals surface area contributed by atoms with Gasteiger partial charge in [0.2, 0.25) is 0 Å². The Labute approximate surface area is 110 Å². The molecule has 0 heteroatoms. The highest BCUT2D eigenvalue weighted by Gasteiger charge is 1.98. The van der Waals surface area contributed by atoms with E-state index in [-0.39, 0.29) is 0 Å². The lowest BCUT2D eigenvalue weighted by atomic mass is 10.00. The molecule has 0 fully saturated rings. The van der Waals surface area contributed by atoms with Gasteiger partial charge in [0, 0.05) is 0 Å². The summed E-state index contributed by atoms with van der Waals surface area (Å²) in [6.07, 6.45) is 6.76. The molecular weight excluding hydrogens is 216 g/mol. The second kappa shape index (κ2) is 6.80. The van der Waals surface area contributed by atoms with Crippen LogP contribution in [0.25, 0.3) is 6.08 Å². The van der Waals surface area contributed by atoms with Crippen molar-refractivity contribution in [2.75, 3.05) is 0 Å². The first-order valence-electron chi connectivity index (χ1n) is 6.64. The monoisotopic (exact) mass is 236 g/mol. The van der Waals surface area contributed by atoms with Crippen molar-refractivity contribution in [3.63, 3.8) is 0 Å². The molecule has 0 saturated carbocycles. The smallest absolute Gasteiger partial charge is 0.0230 e. The normalized spacial score (nSPS) is 10.2. The van der Waals surface area contributed by atoms with Gasteiger partial charge in [-0.15, -0.1) is 0 Å². The van der Waals surface area contributed by atoms with E-state index >= 15 is 0 Å². The molecule has 0 aromatic heterocycles. The summed E-state index contributed by atoms with van der Waals surface area (Å²) in [4.78, 5) is 0. The predicted molar refractivity (Wildman–Crippen MR) is 79.6 cm³/mol. The molecule has 0 radical (unpaired) electrons. The van der Waals surface area contributed by atoms with Crippen molar-refractivity contribution in [2.24, 2.45) is 0 Å². The fraction of sp³-hybridized carbons (Fsp3) is 0.222. The molecule has 2 rings (SSSR count). The third-order valence-corrected chi connectivity index (χ3v) is 3.28. The van der Waals surface area contributed by atoms with Gasteiger partial charge in [-0.3, -0.25) is 0 Å². The van der Waals surface area contributed by atoms with Gasteiger partial charge in [-0.2, -0.15) is 0 Å². The first kappa shape index (κ1) is 12.6. The largest absolute Gasteiger partial charge is 0.0985 e. The Morgan fingerprint density at radius 3 is 2.22 bits per heavy atom. The fourth-order valence-corrected chi connectivity index (χ4v) is 2.25. The summed E-state index contributed by atoms with van der Waals surface area (Å²) in [7, 11) is 0. The van der Waals surface area contributed by atoms with E-state index in [1.807, 2.05) is 6.08 Å². The maximum Gasteiger partial charge on any atom is -0.0230 e. The van der Waals surface area contributed by atoms with Gasteiger partial charge in [-0.05, 0) is 42.4 Å². The molecule has 2 aromatic carbocycles. The molecule has 0 spiro atoms. The topological polar surface area (TPSA) is 0 Å². The van der Waals surface area contributed by atoms with Crippen LogP contribution in [0.4, 0.5) is 0 Å². The quantitative estimate of drug-likeness (QED) is 0.626. The minimum Gasteiger partial charge on any atom is -0.0985 e. The van der Waals surface area contributed by atoms with Crippen LogP contribution in [0.5, 0.6) is 0 Å². The Kier molecular flexibility index (Phi) is 4.78. The van der Waals surface area contributed by atoms with Crippen molar-refractivity contribution < 1.29 is 0 Å². The molecule has 0 amide bonds. The summed E-state index contributed by atoms with van der Waals surface area (Å²) in [5.41, 5.74) is 4.13. The number of benzene rings is 2. The lowest BCUT2D eigenvalue weighted by Gasteiger charge is -2.06. The number of unbranched alkanes of at least 4 members (excludes halogenated alkanes) is 1. The van der Waals surface area contributed by atoms with Crippen LogP contribution < -0.4 is 0 Å². The minimum absolute atomic E-state index is 1.15. The number of aryl methyl sites for hydroxylation is 2. The summed E-state index contributed by atoms with van der Waals surface area (Å²) in [6, 6.07) is 19.2. The average Bonchev–Trinajstić information content (AvgIpc) is 2.45. The van der Waals surface area contributed by atoms with Crippen molar-refractivity contribution >= 4 is 6.08 Å². The van der Waals surface area contributed by atoms with Gasteiger partial charge in [0.05, 0.1) is 0 Å². The third kappa shape index (κ3) is 3.59. The van der Waals surface area contributed by atoms with Crippen LogP contribution in [0.15, 0.2) is 61.2 Å². The van der Waals surface area contributed by atoms with Crippen molar-refractivity contribution in [1.29, 1.82) is 0 Å². The van der Waals surface area contributed by atoms with E-state index in [9.17, 15) is 0 Å². The molecule has 0 N–H and O–H groups in total. The molecule has 18 heavy (non-hydrogen) atoms. The first-order valence-corrected chi connectivity index (χ1v) is 6.64. The van der Waals surface area contributed by atoms with Crippen molar-refractivity contribution in [2.45, 2.75) is 25.7 Å². The molecule has 0 unspecified atom stereocenters. The van der Waals surface area contributed by atoms with E-state index < -0.39 is 0 Å². The highest BCUT2D eigenvalue weighted by Crippen LogP contribution is 2.14. The van der Waals surface area contributed by atoms with E-state index in [1.54, 1.807) is 0 Å². The molecule has 0 saturated heterocycles. The van der Waals surface area contributed by atoms with E-state index in [0.29, 0.717) is 0 Å². The Morgan fingerprint density at radius 1 is 0.778 bits per heavy atom. The molecule has 0 aliphatic carbocycles. The highest BCUT2D eigenvalue weighted by atomic mass is 14.0. The maximum atomic E-state index is 3.87. The summed E-state index contributed by atoms with van der Waals surface area (Å²) >= 11 is 0. The molecule has 0 bridgehead atoms. The van der Waals surface area contributed by atoms with E-state index in [1.165, 1.54) is 36.0 Å². The predicted octanol–water partition coefficient (Wildman–Crippen LogP) is 4.90. The zero-order chi connectivity index (χ0) is 12.6. The zero-order valence-corrected chi connectivity index (χ0v) is 10.8. The third-order valence-electron chi connectivity index (χ3n) is 3.28. The van der Waals surface area contributed by atoms with Crippen molar-refractivity contribution in [3.8, 4) is 0 Å². The molecule has 2 aromatic rings. The summed E-state index contributed by atoms with van der Waals surface area (Å²) in [5, 5.41) is 0. The van der Waals surface area contributed by atoms with Crippen LogP contribution in [0, 0.1) is 0 Å². The number of hydrogen-bond acceptors (Lipinski definition) is 0. The average molecular weight is 236 g/mol. The van der Waals surface area contributed by atoms with Crippen molar-refractivity contribution in [1.82, 2.24) is 0 Å². The van der Waals surface area contributed by atoms with Gasteiger partial charge in [0.1, 0.15) is 0 Å². The molecule has 0 heterocycles. The van der Waals surface area contributed by atoms with Gasteiger partial charge < -0.3 is 0 Å². The Balaban J connectivity index is 1.80. The first-order chi connectivity index (χ1) is 8.90. The van der Waals surface area contributed by atoms with E-state index in [2.05, 4.69) is 61.2 Å². The standard InChI is InChI=1S/C18H20/c1-2-17-13-8-9-15-18(17)14-7-6-12-16-10-4-3-5-11-16/h2-5,8-11,13,15H,1,6-7,12,14H2. The number of rotatable bonds is 6. The van der Waals surface area contributed by atoms with Crippen LogP contribution in [0.3, 0.4) is 0 Å². The maximum absolute atomic E-state index is 3.87. The van der Waals surface area contributed by atoms with Crippen LogP contribution in [0.2, 0.25) is 0 Å². The zero-order valence-electron chi connectivity index (χ0n) is 10.8. The van der Waals surface area contributed by atoms with Gasteiger partial charge >= 0.3 is 0 Å². The Bertz CT molecular complexity index is 482. The lowest BCUT2D eigenvalue weighted by Crippen LogP contribution is -1.91. The van der Waals surface area contributed by atoms with Crippen LogP contribution >= 0.6 is 0 Å². The molecule has 92 valence electrons. The van der Waals surface area contributed by atoms with Crippen LogP contribution in [-0.2, 0) is 12.8 Å². The van der Waals surface area contributed by atoms with Crippen LogP contribution in [0.1, 0.15) is 29.5 Å². The lowest BCUT2D eigenvalue weighted by molar-refractivity contribution is 0.734. The Hall–Kier alpha value is -1.82. The molecule has 0 aliphatic heterocycles. The second-order valence-corrected chi connectivity index (χ2v) is 4.60. The summed E-state index contributed by atoms with van der Waals surface area (Å²) < 4.78 is 0. The fourth-order valence-electron chi connectivity index (χ4n) is 2.25. The highest BCUT2D eigenvalue weighted by molar-refractivity contribution is 5.51. The van der Waals surface area contributed by atoms with Gasteiger partial charge in [0.25, 0.3) is 0 Å². The van der Waals surface area contributed by atoms with Crippen molar-refractivity contribution in [3.05, 3.63) is 77.9 Å². The Morgan fingerprint density at radius 2 is 1.44 bits per heavy atom. The van der Waals surface area contributed by atoms with E-state index in [0.717, 1.165) is 6.42 Å².